The summed E-state index contributed by atoms with van der Waals surface area (Å²) in [6, 6.07) is 110. The maximum atomic E-state index is 13.9. The Hall–Kier alpha value is -10.9. The summed E-state index contributed by atoms with van der Waals surface area (Å²) in [6.07, 6.45) is 0. The summed E-state index contributed by atoms with van der Waals surface area (Å²) in [5, 5.41) is 2.31. The molecule has 15 aromatic rings. The zero-order valence-electron chi connectivity index (χ0n) is 54.3. The molecule has 0 atom stereocenters. The Bertz CT molecular complexity index is 5270. The average Bonchev–Trinajstić information content (AvgIpc) is 1.40. The highest BCUT2D eigenvalue weighted by Gasteiger charge is 2.51. The predicted octanol–water partition coefficient (Wildman–Crippen LogP) is 23.1. The molecule has 13 aromatic carbocycles. The molecule has 1 fully saturated rings. The molecule has 2 aromatic heterocycles. The maximum Gasteiger partial charge on any atom is 0.494 e. The van der Waals surface area contributed by atoms with Gasteiger partial charge in [-0.1, -0.05) is 190 Å². The van der Waals surface area contributed by atoms with Crippen molar-refractivity contribution in [1.29, 1.82) is 0 Å². The van der Waals surface area contributed by atoms with Crippen LogP contribution in [0.1, 0.15) is 27.7 Å². The number of nitrogens with zero attached hydrogens (tertiary/aromatic N) is 3. The Morgan fingerprint density at radius 3 is 0.959 bits per heavy atom. The summed E-state index contributed by atoms with van der Waals surface area (Å²) >= 11 is 6.72. The van der Waals surface area contributed by atoms with Crippen molar-refractivity contribution in [3.63, 3.8) is 0 Å². The minimum Gasteiger partial charge on any atom is -0.456 e. The van der Waals surface area contributed by atoms with Gasteiger partial charge >= 0.3 is 7.12 Å². The first-order chi connectivity index (χ1) is 47.7. The van der Waals surface area contributed by atoms with E-state index in [0.29, 0.717) is 43.9 Å². The lowest BCUT2D eigenvalue weighted by Gasteiger charge is -2.32. The summed E-state index contributed by atoms with van der Waals surface area (Å²) in [5.41, 5.74) is 16.4. The molecular formula is C86H66BBr2N3O6. The molecule has 0 radical (unpaired) electrons. The smallest absolute Gasteiger partial charge is 0.456 e. The zero-order valence-corrected chi connectivity index (χ0v) is 57.5. The average molecular weight is 1410 g/mol. The summed E-state index contributed by atoms with van der Waals surface area (Å²) in [6.45, 7) is 8.31. The van der Waals surface area contributed by atoms with Gasteiger partial charge in [0, 0.05) is 60.1 Å². The first-order valence-electron chi connectivity index (χ1n) is 32.4. The second-order valence-corrected chi connectivity index (χ2v) is 26.7. The predicted molar refractivity (Wildman–Crippen MR) is 412 cm³/mol. The molecule has 1 saturated heterocycles. The molecule has 0 bridgehead atoms. The highest BCUT2D eigenvalue weighted by Crippen LogP contribution is 2.41. The number of fused-ring (bicyclic) bond motifs is 4. The van der Waals surface area contributed by atoms with Crippen LogP contribution < -0.4 is 31.0 Å². The van der Waals surface area contributed by atoms with Crippen LogP contribution in [0.5, 0.6) is 0 Å². The van der Waals surface area contributed by atoms with Gasteiger partial charge in [0.05, 0.1) is 32.7 Å². The molecule has 0 saturated carbocycles. The van der Waals surface area contributed by atoms with Gasteiger partial charge in [0.15, 0.2) is 0 Å². The molecule has 16 rings (SSSR count). The van der Waals surface area contributed by atoms with Crippen LogP contribution in [0, 0.1) is 0 Å². The third-order valence-electron chi connectivity index (χ3n) is 17.9. The minimum atomic E-state index is -0.346. The zero-order chi connectivity index (χ0) is 67.3. The van der Waals surface area contributed by atoms with E-state index in [2.05, 4.69) is 293 Å². The molecule has 3 heterocycles. The lowest BCUT2D eigenvalue weighted by Crippen LogP contribution is -2.41. The summed E-state index contributed by atoms with van der Waals surface area (Å²) in [4.78, 5) is 32.9. The molecule has 0 unspecified atom stereocenters. The van der Waals surface area contributed by atoms with E-state index < -0.39 is 0 Å². The van der Waals surface area contributed by atoms with Crippen LogP contribution >= 0.6 is 31.9 Å². The van der Waals surface area contributed by atoms with Gasteiger partial charge in [-0.25, -0.2) is 0 Å². The first-order valence-corrected chi connectivity index (χ1v) is 34.0. The second-order valence-electron chi connectivity index (χ2n) is 24.9. The van der Waals surface area contributed by atoms with Crippen molar-refractivity contribution in [3.05, 3.63) is 357 Å². The Morgan fingerprint density at radius 1 is 0.276 bits per heavy atom. The number of hydrogen-bond acceptors (Lipinski definition) is 9. The number of anilines is 9. The summed E-state index contributed by atoms with van der Waals surface area (Å²) in [7, 11) is -0.346. The molecule has 0 amide bonds. The van der Waals surface area contributed by atoms with Crippen LogP contribution in [0.3, 0.4) is 0 Å². The van der Waals surface area contributed by atoms with Gasteiger partial charge in [0.2, 0.25) is 10.9 Å². The Kier molecular flexibility index (Phi) is 18.5. The fourth-order valence-corrected chi connectivity index (χ4v) is 12.9. The van der Waals surface area contributed by atoms with Crippen molar-refractivity contribution >= 4 is 140 Å². The van der Waals surface area contributed by atoms with E-state index in [-0.39, 0.29) is 29.2 Å². The van der Waals surface area contributed by atoms with E-state index in [9.17, 15) is 9.59 Å². The van der Waals surface area contributed by atoms with Crippen molar-refractivity contribution in [1.82, 2.24) is 0 Å². The fraction of sp³-hybridized carbons (Fsp3) is 0.0698. The standard InChI is InChI=1S/C49H34N2O2.C24H26BNO2.C13H6Br2O2/c52-49-45-31-25-38(36-23-29-44(30-24-36)51(41-17-9-3-10-18-41)42-19-11-4-12-20-42)34-48(45)53-47-32-26-37(33-46(47)49)35-21-27-43(28-22-35)50(39-13-5-1-6-14-39)40-15-7-2-8-16-40;1-23(2)24(3,4)28-25(27-23)19-15-17-22(18-16-19)26(20-11-7-5-8-12-20)21-13-9-6-10-14-21;14-7-2-4-11-10(5-7)13(16)9-3-1-8(15)6-12(9)17-11/h1-34H;5-18H,1-4H3;1-6H. The third kappa shape index (κ3) is 13.7. The fourth-order valence-electron chi connectivity index (χ4n) is 12.2. The topological polar surface area (TPSA) is 88.6 Å². The molecule has 12 heteroatoms. The van der Waals surface area contributed by atoms with E-state index >= 15 is 0 Å². The van der Waals surface area contributed by atoms with Crippen molar-refractivity contribution in [3.8, 4) is 22.3 Å². The van der Waals surface area contributed by atoms with Crippen molar-refractivity contribution < 1.29 is 18.1 Å². The largest absolute Gasteiger partial charge is 0.494 e. The van der Waals surface area contributed by atoms with Crippen LogP contribution in [0.15, 0.2) is 355 Å². The molecule has 1 aliphatic rings. The third-order valence-corrected chi connectivity index (χ3v) is 18.9. The summed E-state index contributed by atoms with van der Waals surface area (Å²) in [5.74, 6) is 0. The van der Waals surface area contributed by atoms with Crippen molar-refractivity contribution in [2.24, 2.45) is 0 Å². The molecule has 1 aliphatic heterocycles. The lowest BCUT2D eigenvalue weighted by molar-refractivity contribution is 0.00578. The number of rotatable bonds is 12. The van der Waals surface area contributed by atoms with Crippen LogP contribution in [0.2, 0.25) is 0 Å². The number of para-hydroxylation sites is 6. The van der Waals surface area contributed by atoms with Crippen LogP contribution in [-0.2, 0) is 9.31 Å². The lowest BCUT2D eigenvalue weighted by atomic mass is 9.79. The molecule has 9 nitrogen and oxygen atoms in total. The van der Waals surface area contributed by atoms with E-state index in [1.165, 1.54) is 0 Å². The van der Waals surface area contributed by atoms with E-state index in [1.54, 1.807) is 24.3 Å². The monoisotopic (exact) mass is 1410 g/mol. The Labute approximate surface area is 586 Å². The SMILES string of the molecule is CC1(C)OB(c2ccc(N(c3ccccc3)c3ccccc3)cc2)OC1(C)C.O=c1c2ccc(-c3ccc(N(c4ccccc4)c4ccccc4)cc3)cc2oc2ccc(-c3ccc(N(c4ccccc4)c4ccccc4)cc3)cc12.O=c1c2ccc(Br)cc2oc2ccc(Br)cc12. The Balaban J connectivity index is 0.000000150. The van der Waals surface area contributed by atoms with Gasteiger partial charge in [0.25, 0.3) is 0 Å². The van der Waals surface area contributed by atoms with Crippen LogP contribution in [-0.4, -0.2) is 18.3 Å². The normalized spacial score (nSPS) is 12.9. The van der Waals surface area contributed by atoms with Gasteiger partial charge in [-0.3, -0.25) is 9.59 Å². The quantitative estimate of drug-likeness (QED) is 0.0876. The van der Waals surface area contributed by atoms with E-state index in [4.69, 9.17) is 18.1 Å². The Morgan fingerprint density at radius 2 is 0.561 bits per heavy atom. The number of benzene rings is 13. The van der Waals surface area contributed by atoms with Gasteiger partial charge in [-0.2, -0.15) is 0 Å². The number of halogens is 2. The highest BCUT2D eigenvalue weighted by molar-refractivity contribution is 9.10. The maximum absolute atomic E-state index is 13.9. The van der Waals surface area contributed by atoms with Gasteiger partial charge < -0.3 is 32.8 Å². The van der Waals surface area contributed by atoms with Crippen molar-refractivity contribution in [2.45, 2.75) is 38.9 Å². The van der Waals surface area contributed by atoms with Gasteiger partial charge in [0.1, 0.15) is 22.3 Å². The van der Waals surface area contributed by atoms with Crippen molar-refractivity contribution in [2.75, 3.05) is 14.7 Å². The van der Waals surface area contributed by atoms with Crippen LogP contribution in [0.25, 0.3) is 66.1 Å². The number of hydrogen-bond donors (Lipinski definition) is 0. The van der Waals surface area contributed by atoms with Gasteiger partial charge in [-0.05, 0) is 225 Å². The molecular weight excluding hydrogens is 1340 g/mol. The van der Waals surface area contributed by atoms with Gasteiger partial charge in [-0.15, -0.1) is 0 Å². The summed E-state index contributed by atoms with van der Waals surface area (Å²) < 4.78 is 26.2. The molecule has 0 N–H and O–H groups in total. The minimum absolute atomic E-state index is 0.00458. The van der Waals surface area contributed by atoms with E-state index in [1.807, 2.05) is 84.9 Å². The first kappa shape index (κ1) is 64.5. The molecule has 0 spiro atoms. The molecule has 478 valence electrons. The molecule has 0 aliphatic carbocycles. The highest BCUT2D eigenvalue weighted by atomic mass is 79.9. The molecule has 98 heavy (non-hydrogen) atoms. The van der Waals surface area contributed by atoms with E-state index in [0.717, 1.165) is 87.8 Å². The van der Waals surface area contributed by atoms with Crippen LogP contribution in [0.4, 0.5) is 51.2 Å². The second kappa shape index (κ2) is 28.1.